The zero-order valence-corrected chi connectivity index (χ0v) is 12.0. The van der Waals surface area contributed by atoms with E-state index >= 15 is 0 Å². The van der Waals surface area contributed by atoms with Crippen molar-refractivity contribution >= 4 is 17.6 Å². The lowest BCUT2D eigenvalue weighted by Crippen LogP contribution is -2.09. The van der Waals surface area contributed by atoms with Gasteiger partial charge in [0.15, 0.2) is 0 Å². The maximum absolute atomic E-state index is 5.73. The van der Waals surface area contributed by atoms with Crippen LogP contribution >= 0.6 is 0 Å². The van der Waals surface area contributed by atoms with Gasteiger partial charge in [0.1, 0.15) is 11.6 Å². The van der Waals surface area contributed by atoms with E-state index in [1.165, 1.54) is 11.1 Å². The minimum absolute atomic E-state index is 0.276. The summed E-state index contributed by atoms with van der Waals surface area (Å²) in [6.07, 6.45) is 1.04. The molecule has 1 aromatic heterocycles. The first kappa shape index (κ1) is 14.1. The van der Waals surface area contributed by atoms with Gasteiger partial charge in [0.25, 0.3) is 0 Å². The van der Waals surface area contributed by atoms with Gasteiger partial charge in [-0.05, 0) is 24.5 Å². The number of benzene rings is 1. The van der Waals surface area contributed by atoms with Gasteiger partial charge < -0.3 is 16.4 Å². The van der Waals surface area contributed by atoms with Gasteiger partial charge in [-0.3, -0.25) is 0 Å². The van der Waals surface area contributed by atoms with E-state index in [9.17, 15) is 0 Å². The lowest BCUT2D eigenvalue weighted by molar-refractivity contribution is 0.965. The summed E-state index contributed by atoms with van der Waals surface area (Å²) in [5.74, 6) is 1.77. The van der Waals surface area contributed by atoms with Crippen LogP contribution in [0.5, 0.6) is 0 Å². The zero-order chi connectivity index (χ0) is 14.4. The molecule has 0 saturated heterocycles. The number of nitrogens with two attached hydrogens (primary N) is 1. The van der Waals surface area contributed by atoms with Gasteiger partial charge in [-0.2, -0.15) is 9.97 Å². The minimum Gasteiger partial charge on any atom is -0.370 e. The molecule has 106 valence electrons. The number of nitrogen functional groups attached to an aromatic ring is 1. The monoisotopic (exact) mass is 271 g/mol. The molecule has 1 heterocycles. The predicted molar refractivity (Wildman–Crippen MR) is 83.7 cm³/mol. The first-order chi connectivity index (χ1) is 9.69. The third kappa shape index (κ3) is 3.85. The molecule has 2 aromatic rings. The molecule has 0 aliphatic carbocycles. The number of nitrogens with one attached hydrogen (secondary N) is 2. The minimum atomic E-state index is 0.276. The van der Waals surface area contributed by atoms with Crippen LogP contribution in [0.25, 0.3) is 0 Å². The second-order valence-electron chi connectivity index (χ2n) is 4.70. The maximum Gasteiger partial charge on any atom is 0.223 e. The van der Waals surface area contributed by atoms with Gasteiger partial charge in [0.2, 0.25) is 5.95 Å². The largest absolute Gasteiger partial charge is 0.370 e. The fraction of sp³-hybridized carbons (Fsp3) is 0.333. The van der Waals surface area contributed by atoms with E-state index in [2.05, 4.69) is 46.6 Å². The molecule has 20 heavy (non-hydrogen) atoms. The van der Waals surface area contributed by atoms with E-state index < -0.39 is 0 Å². The third-order valence-corrected chi connectivity index (χ3v) is 3.02. The van der Waals surface area contributed by atoms with E-state index in [-0.39, 0.29) is 5.95 Å². The number of hydrogen-bond donors (Lipinski definition) is 3. The average molecular weight is 271 g/mol. The van der Waals surface area contributed by atoms with Crippen molar-refractivity contribution in [1.82, 2.24) is 9.97 Å². The normalized spacial score (nSPS) is 10.3. The molecule has 0 radical (unpaired) electrons. The molecular weight excluding hydrogens is 250 g/mol. The molecule has 0 amide bonds. The number of hydrogen-bond acceptors (Lipinski definition) is 5. The molecule has 5 heteroatoms. The maximum atomic E-state index is 5.73. The molecule has 0 saturated carbocycles. The van der Waals surface area contributed by atoms with Gasteiger partial charge in [0, 0.05) is 19.2 Å². The Balaban J connectivity index is 2.05. The fourth-order valence-electron chi connectivity index (χ4n) is 1.89. The topological polar surface area (TPSA) is 75.9 Å². The van der Waals surface area contributed by atoms with Crippen LogP contribution in [0.15, 0.2) is 30.3 Å². The molecule has 0 aliphatic heterocycles. The molecule has 2 rings (SSSR count). The highest BCUT2D eigenvalue weighted by Crippen LogP contribution is 2.15. The summed E-state index contributed by atoms with van der Waals surface area (Å²) in [6.45, 7) is 5.79. The van der Waals surface area contributed by atoms with Crippen molar-refractivity contribution in [3.8, 4) is 0 Å². The zero-order valence-electron chi connectivity index (χ0n) is 12.0. The van der Waals surface area contributed by atoms with Gasteiger partial charge >= 0.3 is 0 Å². The quantitative estimate of drug-likeness (QED) is 0.753. The van der Waals surface area contributed by atoms with Crippen molar-refractivity contribution in [2.24, 2.45) is 0 Å². The van der Waals surface area contributed by atoms with Crippen molar-refractivity contribution in [3.05, 3.63) is 41.5 Å². The van der Waals surface area contributed by atoms with Crippen LogP contribution in [0, 0.1) is 6.92 Å². The first-order valence-corrected chi connectivity index (χ1v) is 6.86. The Bertz CT molecular complexity index is 568. The van der Waals surface area contributed by atoms with Crippen molar-refractivity contribution in [2.45, 2.75) is 26.8 Å². The summed E-state index contributed by atoms with van der Waals surface area (Å²) in [4.78, 5) is 8.36. The van der Waals surface area contributed by atoms with Crippen LogP contribution in [-0.2, 0) is 6.54 Å². The van der Waals surface area contributed by atoms with Gasteiger partial charge in [-0.1, -0.05) is 31.2 Å². The Morgan fingerprint density at radius 1 is 1.10 bits per heavy atom. The van der Waals surface area contributed by atoms with E-state index in [4.69, 9.17) is 5.73 Å². The van der Waals surface area contributed by atoms with Gasteiger partial charge in [-0.15, -0.1) is 0 Å². The lowest BCUT2D eigenvalue weighted by atomic mass is 10.1. The van der Waals surface area contributed by atoms with Gasteiger partial charge in [0.05, 0.1) is 0 Å². The van der Waals surface area contributed by atoms with Gasteiger partial charge in [-0.25, -0.2) is 0 Å². The highest BCUT2D eigenvalue weighted by atomic mass is 15.1. The lowest BCUT2D eigenvalue weighted by Gasteiger charge is -2.10. The SMILES string of the molecule is CCCNc1cc(NCc2ccccc2C)nc(N)n1. The predicted octanol–water partition coefficient (Wildman–Crippen LogP) is 2.80. The highest BCUT2D eigenvalue weighted by molar-refractivity contribution is 5.51. The van der Waals surface area contributed by atoms with Crippen molar-refractivity contribution in [3.63, 3.8) is 0 Å². The number of nitrogens with zero attached hydrogens (tertiary/aromatic N) is 2. The van der Waals surface area contributed by atoms with Crippen LogP contribution in [0.1, 0.15) is 24.5 Å². The van der Waals surface area contributed by atoms with Crippen LogP contribution in [-0.4, -0.2) is 16.5 Å². The van der Waals surface area contributed by atoms with Crippen LogP contribution < -0.4 is 16.4 Å². The van der Waals surface area contributed by atoms with Crippen molar-refractivity contribution in [1.29, 1.82) is 0 Å². The summed E-state index contributed by atoms with van der Waals surface area (Å²) in [6, 6.07) is 10.1. The van der Waals surface area contributed by atoms with Crippen LogP contribution in [0.4, 0.5) is 17.6 Å². The van der Waals surface area contributed by atoms with E-state index in [0.717, 1.165) is 31.1 Å². The Kier molecular flexibility index (Phi) is 4.76. The average Bonchev–Trinajstić information content (AvgIpc) is 2.44. The van der Waals surface area contributed by atoms with Crippen molar-refractivity contribution in [2.75, 3.05) is 22.9 Å². The Hall–Kier alpha value is -2.30. The Labute approximate surface area is 119 Å². The summed E-state index contributed by atoms with van der Waals surface area (Å²) in [5.41, 5.74) is 8.23. The van der Waals surface area contributed by atoms with Crippen LogP contribution in [0.2, 0.25) is 0 Å². The molecule has 0 unspecified atom stereocenters. The van der Waals surface area contributed by atoms with E-state index in [1.54, 1.807) is 0 Å². The standard InChI is InChI=1S/C15H21N5/c1-3-8-17-13-9-14(20-15(16)19-13)18-10-12-7-5-4-6-11(12)2/h4-7,9H,3,8,10H2,1-2H3,(H4,16,17,18,19,20). The molecule has 1 aromatic carbocycles. The summed E-state index contributed by atoms with van der Waals surface area (Å²) in [5, 5.41) is 6.50. The molecule has 0 atom stereocenters. The molecule has 5 nitrogen and oxygen atoms in total. The molecular formula is C15H21N5. The third-order valence-electron chi connectivity index (χ3n) is 3.02. The second-order valence-corrected chi connectivity index (χ2v) is 4.70. The molecule has 0 spiro atoms. The summed E-state index contributed by atoms with van der Waals surface area (Å²) >= 11 is 0. The molecule has 0 bridgehead atoms. The Morgan fingerprint density at radius 3 is 2.50 bits per heavy atom. The fourth-order valence-corrected chi connectivity index (χ4v) is 1.89. The molecule has 0 aliphatic rings. The Morgan fingerprint density at radius 2 is 1.80 bits per heavy atom. The van der Waals surface area contributed by atoms with E-state index in [0.29, 0.717) is 0 Å². The summed E-state index contributed by atoms with van der Waals surface area (Å²) < 4.78 is 0. The number of rotatable bonds is 6. The van der Waals surface area contributed by atoms with Crippen LogP contribution in [0.3, 0.4) is 0 Å². The second kappa shape index (κ2) is 6.75. The number of aryl methyl sites for hydroxylation is 1. The smallest absolute Gasteiger partial charge is 0.223 e. The number of anilines is 3. The van der Waals surface area contributed by atoms with E-state index in [1.807, 2.05) is 18.2 Å². The van der Waals surface area contributed by atoms with Crippen molar-refractivity contribution < 1.29 is 0 Å². The molecule has 4 N–H and O–H groups in total. The summed E-state index contributed by atoms with van der Waals surface area (Å²) in [7, 11) is 0. The first-order valence-electron chi connectivity index (χ1n) is 6.86. The molecule has 0 fully saturated rings. The number of aromatic nitrogens is 2. The highest BCUT2D eigenvalue weighted by Gasteiger charge is 2.03.